The van der Waals surface area contributed by atoms with Crippen molar-refractivity contribution in [3.05, 3.63) is 59.7 Å². The normalized spacial score (nSPS) is 18.2. The highest BCUT2D eigenvalue weighted by Crippen LogP contribution is 2.37. The maximum absolute atomic E-state index is 13.0. The fraction of sp³-hybridized carbons (Fsp3) is 0.278. The number of sulfonamides is 1. The van der Waals surface area contributed by atoms with Crippen molar-refractivity contribution in [3.63, 3.8) is 0 Å². The van der Waals surface area contributed by atoms with Crippen LogP contribution in [-0.4, -0.2) is 32.3 Å². The Bertz CT molecular complexity index is 861. The number of rotatable bonds is 5. The van der Waals surface area contributed by atoms with Crippen LogP contribution in [0.1, 0.15) is 34.8 Å². The summed E-state index contributed by atoms with van der Waals surface area (Å²) in [5, 5.41) is 0. The van der Waals surface area contributed by atoms with Crippen LogP contribution in [0.5, 0.6) is 5.75 Å². The molecular formula is C18H20N2O4S. The molecule has 1 aliphatic rings. The molecule has 3 rings (SSSR count). The second-order valence-electron chi connectivity index (χ2n) is 5.94. The van der Waals surface area contributed by atoms with E-state index in [-0.39, 0.29) is 16.5 Å². The van der Waals surface area contributed by atoms with E-state index >= 15 is 0 Å². The van der Waals surface area contributed by atoms with Crippen LogP contribution in [0, 0.1) is 0 Å². The molecule has 2 aromatic rings. The van der Waals surface area contributed by atoms with Gasteiger partial charge in [0.25, 0.3) is 0 Å². The van der Waals surface area contributed by atoms with E-state index in [9.17, 15) is 13.2 Å². The Kier molecular flexibility index (Phi) is 4.78. The van der Waals surface area contributed by atoms with Crippen molar-refractivity contribution in [1.29, 1.82) is 0 Å². The first kappa shape index (κ1) is 17.4. The zero-order valence-electron chi connectivity index (χ0n) is 13.9. The number of nitrogens with zero attached hydrogens (tertiary/aromatic N) is 1. The summed E-state index contributed by atoms with van der Waals surface area (Å²) in [4.78, 5) is 11.3. The van der Waals surface area contributed by atoms with Gasteiger partial charge >= 0.3 is 0 Å². The van der Waals surface area contributed by atoms with E-state index in [2.05, 4.69) is 0 Å². The molecule has 0 bridgehead atoms. The lowest BCUT2D eigenvalue weighted by atomic mass is 10.1. The van der Waals surface area contributed by atoms with Gasteiger partial charge in [-0.3, -0.25) is 4.79 Å². The summed E-state index contributed by atoms with van der Waals surface area (Å²) in [5.74, 6) is 0.152. The summed E-state index contributed by atoms with van der Waals surface area (Å²) in [6.45, 7) is 0.469. The Hall–Kier alpha value is -2.38. The largest absolute Gasteiger partial charge is 0.497 e. The highest BCUT2D eigenvalue weighted by Gasteiger charge is 2.36. The van der Waals surface area contributed by atoms with Crippen molar-refractivity contribution in [3.8, 4) is 5.75 Å². The maximum Gasteiger partial charge on any atom is 0.248 e. The van der Waals surface area contributed by atoms with Crippen LogP contribution < -0.4 is 10.5 Å². The molecule has 2 aromatic carbocycles. The van der Waals surface area contributed by atoms with Gasteiger partial charge in [0.2, 0.25) is 15.9 Å². The van der Waals surface area contributed by atoms with E-state index in [1.165, 1.54) is 28.6 Å². The van der Waals surface area contributed by atoms with E-state index in [0.717, 1.165) is 24.2 Å². The SMILES string of the molecule is COc1ccc(C2CCCN2S(=O)(=O)c2ccc(C(N)=O)cc2)cc1. The fourth-order valence-corrected chi connectivity index (χ4v) is 4.80. The lowest BCUT2D eigenvalue weighted by Gasteiger charge is -2.24. The summed E-state index contributed by atoms with van der Waals surface area (Å²) < 4.78 is 32.7. The number of nitrogens with two attached hydrogens (primary N) is 1. The van der Waals surface area contributed by atoms with Gasteiger partial charge in [0.15, 0.2) is 0 Å². The van der Waals surface area contributed by atoms with Gasteiger partial charge in [-0.15, -0.1) is 0 Å². The van der Waals surface area contributed by atoms with Gasteiger partial charge in [-0.05, 0) is 54.8 Å². The third-order valence-electron chi connectivity index (χ3n) is 4.45. The molecule has 0 radical (unpaired) electrons. The number of amides is 1. The highest BCUT2D eigenvalue weighted by atomic mass is 32.2. The van der Waals surface area contributed by atoms with E-state index in [4.69, 9.17) is 10.5 Å². The van der Waals surface area contributed by atoms with Crippen molar-refractivity contribution >= 4 is 15.9 Å². The molecule has 0 saturated carbocycles. The Morgan fingerprint density at radius 2 is 1.76 bits per heavy atom. The number of ether oxygens (including phenoxy) is 1. The maximum atomic E-state index is 13.0. The molecule has 0 spiro atoms. The second-order valence-corrected chi connectivity index (χ2v) is 7.83. The summed E-state index contributed by atoms with van der Waals surface area (Å²) in [6, 6.07) is 13.0. The average molecular weight is 360 g/mol. The van der Waals surface area contributed by atoms with Crippen molar-refractivity contribution in [2.75, 3.05) is 13.7 Å². The van der Waals surface area contributed by atoms with Crippen molar-refractivity contribution < 1.29 is 17.9 Å². The minimum Gasteiger partial charge on any atom is -0.497 e. The van der Waals surface area contributed by atoms with Crippen LogP contribution in [0.25, 0.3) is 0 Å². The van der Waals surface area contributed by atoms with Crippen LogP contribution in [0.3, 0.4) is 0 Å². The highest BCUT2D eigenvalue weighted by molar-refractivity contribution is 7.89. The Labute approximate surface area is 147 Å². The van der Waals surface area contributed by atoms with Gasteiger partial charge in [-0.25, -0.2) is 8.42 Å². The number of benzene rings is 2. The molecular weight excluding hydrogens is 340 g/mol. The molecule has 1 unspecified atom stereocenters. The number of methoxy groups -OCH3 is 1. The van der Waals surface area contributed by atoms with Crippen LogP contribution in [-0.2, 0) is 10.0 Å². The van der Waals surface area contributed by atoms with Gasteiger partial charge < -0.3 is 10.5 Å². The molecule has 1 amide bonds. The Morgan fingerprint density at radius 3 is 2.32 bits per heavy atom. The van der Waals surface area contributed by atoms with Gasteiger partial charge in [0.1, 0.15) is 5.75 Å². The molecule has 1 saturated heterocycles. The summed E-state index contributed by atoms with van der Waals surface area (Å²) in [6.07, 6.45) is 1.57. The predicted octanol–water partition coefficient (Wildman–Crippen LogP) is 2.32. The van der Waals surface area contributed by atoms with Crippen LogP contribution in [0.15, 0.2) is 53.4 Å². The number of hydrogen-bond donors (Lipinski definition) is 1. The fourth-order valence-electron chi connectivity index (χ4n) is 3.11. The number of carbonyl (C=O) groups excluding carboxylic acids is 1. The van der Waals surface area contributed by atoms with Crippen molar-refractivity contribution in [1.82, 2.24) is 4.31 Å². The molecule has 0 aliphatic carbocycles. The Balaban J connectivity index is 1.90. The minimum absolute atomic E-state index is 0.165. The standard InChI is InChI=1S/C18H20N2O4S/c1-24-15-8-4-13(5-9-15)17-3-2-12-20(17)25(22,23)16-10-6-14(7-11-16)18(19)21/h4-11,17H,2-3,12H2,1H3,(H2,19,21). The van der Waals surface area contributed by atoms with E-state index < -0.39 is 15.9 Å². The van der Waals surface area contributed by atoms with Crippen molar-refractivity contribution in [2.45, 2.75) is 23.8 Å². The van der Waals surface area contributed by atoms with Crippen molar-refractivity contribution in [2.24, 2.45) is 5.73 Å². The minimum atomic E-state index is -3.64. The summed E-state index contributed by atoms with van der Waals surface area (Å²) >= 11 is 0. The van der Waals surface area contributed by atoms with Crippen LogP contribution in [0.4, 0.5) is 0 Å². The molecule has 2 N–H and O–H groups in total. The first-order chi connectivity index (χ1) is 11.9. The second kappa shape index (κ2) is 6.85. The number of primary amides is 1. The first-order valence-corrected chi connectivity index (χ1v) is 9.43. The third-order valence-corrected chi connectivity index (χ3v) is 6.37. The Morgan fingerprint density at radius 1 is 1.12 bits per heavy atom. The number of carbonyl (C=O) groups is 1. The topological polar surface area (TPSA) is 89.7 Å². The zero-order chi connectivity index (χ0) is 18.0. The van der Waals surface area contributed by atoms with Gasteiger partial charge in [-0.1, -0.05) is 12.1 Å². The van der Waals surface area contributed by atoms with Gasteiger partial charge in [-0.2, -0.15) is 4.31 Å². The molecule has 7 heteroatoms. The first-order valence-electron chi connectivity index (χ1n) is 7.99. The van der Waals surface area contributed by atoms with E-state index in [1.807, 2.05) is 24.3 Å². The monoisotopic (exact) mass is 360 g/mol. The smallest absolute Gasteiger partial charge is 0.248 e. The van der Waals surface area contributed by atoms with E-state index in [1.54, 1.807) is 7.11 Å². The zero-order valence-corrected chi connectivity index (χ0v) is 14.7. The van der Waals surface area contributed by atoms with Crippen LogP contribution >= 0.6 is 0 Å². The lowest BCUT2D eigenvalue weighted by molar-refractivity contribution is 0.1000. The van der Waals surface area contributed by atoms with Gasteiger partial charge in [0, 0.05) is 12.1 Å². The molecule has 0 aromatic heterocycles. The molecule has 1 atom stereocenters. The van der Waals surface area contributed by atoms with E-state index in [0.29, 0.717) is 6.54 Å². The molecule has 132 valence electrons. The summed E-state index contributed by atoms with van der Waals surface area (Å²) in [7, 11) is -2.05. The lowest BCUT2D eigenvalue weighted by Crippen LogP contribution is -2.30. The molecule has 25 heavy (non-hydrogen) atoms. The summed E-state index contributed by atoms with van der Waals surface area (Å²) in [5.41, 5.74) is 6.43. The quantitative estimate of drug-likeness (QED) is 0.886. The number of hydrogen-bond acceptors (Lipinski definition) is 4. The third kappa shape index (κ3) is 3.38. The molecule has 1 fully saturated rings. The van der Waals surface area contributed by atoms with Crippen LogP contribution in [0.2, 0.25) is 0 Å². The average Bonchev–Trinajstić information content (AvgIpc) is 3.12. The molecule has 1 heterocycles. The van der Waals surface area contributed by atoms with Gasteiger partial charge in [0.05, 0.1) is 18.0 Å². The molecule has 1 aliphatic heterocycles. The molecule has 6 nitrogen and oxygen atoms in total. The predicted molar refractivity (Wildman–Crippen MR) is 93.8 cm³/mol.